The molecular formula is C14H18ClN3O3. The molecule has 0 aliphatic heterocycles. The Hall–Kier alpha value is -1.69. The Morgan fingerprint density at radius 3 is 2.71 bits per heavy atom. The summed E-state index contributed by atoms with van der Waals surface area (Å²) in [5, 5.41) is 10.8. The van der Waals surface area contributed by atoms with Crippen LogP contribution in [-0.2, 0) is 0 Å². The second-order valence-electron chi connectivity index (χ2n) is 5.17. The van der Waals surface area contributed by atoms with Crippen LogP contribution in [0, 0.1) is 10.1 Å². The van der Waals surface area contributed by atoms with Gasteiger partial charge in [-0.25, -0.2) is 4.98 Å². The Balaban J connectivity index is 2.28. The monoisotopic (exact) mass is 311 g/mol. The van der Waals surface area contributed by atoms with E-state index >= 15 is 0 Å². The average Bonchev–Trinajstić information content (AvgIpc) is 2.49. The maximum Gasteiger partial charge on any atom is 0.288 e. The molecule has 0 N–H and O–H groups in total. The van der Waals surface area contributed by atoms with Gasteiger partial charge in [0.15, 0.2) is 0 Å². The minimum Gasteiger partial charge on any atom is -0.336 e. The van der Waals surface area contributed by atoms with Gasteiger partial charge in [0.05, 0.1) is 10.5 Å². The zero-order valence-corrected chi connectivity index (χ0v) is 12.7. The van der Waals surface area contributed by atoms with Gasteiger partial charge in [0.25, 0.3) is 11.6 Å². The number of pyridine rings is 1. The normalized spacial score (nSPS) is 15.7. The molecule has 1 aromatic heterocycles. The van der Waals surface area contributed by atoms with E-state index in [1.165, 1.54) is 12.5 Å². The van der Waals surface area contributed by atoms with E-state index in [2.05, 4.69) is 4.98 Å². The van der Waals surface area contributed by atoms with Crippen molar-refractivity contribution in [2.45, 2.75) is 45.1 Å². The zero-order valence-electron chi connectivity index (χ0n) is 11.9. The Bertz CT molecular complexity index is 544. The molecular weight excluding hydrogens is 294 g/mol. The molecule has 1 heterocycles. The Morgan fingerprint density at radius 1 is 1.48 bits per heavy atom. The third-order valence-corrected chi connectivity index (χ3v) is 4.18. The first kappa shape index (κ1) is 15.7. The SMILES string of the molecule is CCN(C(=O)c1cc([N+](=O)[O-])cnc1Cl)C1CCCCC1. The standard InChI is InChI=1S/C14H18ClN3O3/c1-2-17(10-6-4-3-5-7-10)14(19)12-8-11(18(20)21)9-16-13(12)15/h8-10H,2-7H2,1H3. The molecule has 1 aromatic rings. The predicted octanol–water partition coefficient (Wildman–Crippen LogP) is 3.44. The molecule has 7 heteroatoms. The molecule has 21 heavy (non-hydrogen) atoms. The first-order valence-corrected chi connectivity index (χ1v) is 7.53. The fourth-order valence-corrected chi connectivity index (χ4v) is 2.99. The molecule has 0 spiro atoms. The van der Waals surface area contributed by atoms with Crippen LogP contribution in [0.5, 0.6) is 0 Å². The van der Waals surface area contributed by atoms with Crippen molar-refractivity contribution in [3.8, 4) is 0 Å². The van der Waals surface area contributed by atoms with Crippen molar-refractivity contribution in [3.05, 3.63) is 33.1 Å². The van der Waals surface area contributed by atoms with Crippen molar-refractivity contribution in [2.75, 3.05) is 6.54 Å². The molecule has 114 valence electrons. The smallest absolute Gasteiger partial charge is 0.288 e. The number of aromatic nitrogens is 1. The van der Waals surface area contributed by atoms with Gasteiger partial charge < -0.3 is 4.90 Å². The lowest BCUT2D eigenvalue weighted by Crippen LogP contribution is -2.41. The van der Waals surface area contributed by atoms with Gasteiger partial charge in [-0.2, -0.15) is 0 Å². The minimum atomic E-state index is -0.572. The third kappa shape index (κ3) is 3.50. The highest BCUT2D eigenvalue weighted by molar-refractivity contribution is 6.32. The summed E-state index contributed by atoms with van der Waals surface area (Å²) in [6.07, 6.45) is 6.42. The van der Waals surface area contributed by atoms with Gasteiger partial charge in [0.1, 0.15) is 11.3 Å². The molecule has 1 amide bonds. The molecule has 1 aliphatic rings. The maximum absolute atomic E-state index is 12.6. The van der Waals surface area contributed by atoms with Crippen molar-refractivity contribution in [1.82, 2.24) is 9.88 Å². The number of nitro groups is 1. The lowest BCUT2D eigenvalue weighted by Gasteiger charge is -2.33. The fraction of sp³-hybridized carbons (Fsp3) is 0.571. The van der Waals surface area contributed by atoms with Gasteiger partial charge in [-0.05, 0) is 19.8 Å². The fourth-order valence-electron chi connectivity index (χ4n) is 2.80. The quantitative estimate of drug-likeness (QED) is 0.485. The zero-order chi connectivity index (χ0) is 15.4. The molecule has 0 aromatic carbocycles. The lowest BCUT2D eigenvalue weighted by atomic mass is 9.94. The summed E-state index contributed by atoms with van der Waals surface area (Å²) >= 11 is 5.95. The van der Waals surface area contributed by atoms with Crippen LogP contribution in [-0.4, -0.2) is 33.3 Å². The lowest BCUT2D eigenvalue weighted by molar-refractivity contribution is -0.385. The Kier molecular flexibility index (Phi) is 5.12. The van der Waals surface area contributed by atoms with Crippen LogP contribution >= 0.6 is 11.6 Å². The van der Waals surface area contributed by atoms with E-state index in [0.29, 0.717) is 6.54 Å². The molecule has 1 saturated carbocycles. The number of amides is 1. The highest BCUT2D eigenvalue weighted by Gasteiger charge is 2.27. The van der Waals surface area contributed by atoms with Gasteiger partial charge in [0, 0.05) is 18.7 Å². The predicted molar refractivity (Wildman–Crippen MR) is 79.5 cm³/mol. The van der Waals surface area contributed by atoms with Crippen LogP contribution in [0.15, 0.2) is 12.3 Å². The van der Waals surface area contributed by atoms with Crippen LogP contribution in [0.25, 0.3) is 0 Å². The van der Waals surface area contributed by atoms with E-state index in [9.17, 15) is 14.9 Å². The van der Waals surface area contributed by atoms with Crippen LogP contribution in [0.2, 0.25) is 5.15 Å². The summed E-state index contributed by atoms with van der Waals surface area (Å²) in [7, 11) is 0. The molecule has 0 saturated heterocycles. The van der Waals surface area contributed by atoms with Gasteiger partial charge in [0.2, 0.25) is 0 Å². The van der Waals surface area contributed by atoms with Gasteiger partial charge in [-0.15, -0.1) is 0 Å². The summed E-state index contributed by atoms with van der Waals surface area (Å²) in [4.78, 5) is 28.4. The van der Waals surface area contributed by atoms with Gasteiger partial charge >= 0.3 is 0 Å². The van der Waals surface area contributed by atoms with Gasteiger partial charge in [-0.3, -0.25) is 14.9 Å². The van der Waals surface area contributed by atoms with E-state index in [-0.39, 0.29) is 28.4 Å². The van der Waals surface area contributed by atoms with Crippen LogP contribution in [0.4, 0.5) is 5.69 Å². The number of carbonyl (C=O) groups is 1. The third-order valence-electron chi connectivity index (χ3n) is 3.88. The summed E-state index contributed by atoms with van der Waals surface area (Å²) < 4.78 is 0. The first-order chi connectivity index (χ1) is 10.0. The molecule has 0 bridgehead atoms. The largest absolute Gasteiger partial charge is 0.336 e. The minimum absolute atomic E-state index is 0.0138. The van der Waals surface area contributed by atoms with Crippen LogP contribution < -0.4 is 0 Å². The van der Waals surface area contributed by atoms with Crippen molar-refractivity contribution < 1.29 is 9.72 Å². The number of rotatable bonds is 4. The van der Waals surface area contributed by atoms with Crippen molar-refractivity contribution in [1.29, 1.82) is 0 Å². The average molecular weight is 312 g/mol. The van der Waals surface area contributed by atoms with Crippen LogP contribution in [0.1, 0.15) is 49.4 Å². The number of carbonyl (C=O) groups excluding carboxylic acids is 1. The molecule has 1 fully saturated rings. The number of halogens is 1. The second kappa shape index (κ2) is 6.85. The molecule has 6 nitrogen and oxygen atoms in total. The Labute approximate surface area is 128 Å². The molecule has 0 unspecified atom stereocenters. The maximum atomic E-state index is 12.6. The summed E-state index contributed by atoms with van der Waals surface area (Å²) in [6, 6.07) is 1.40. The van der Waals surface area contributed by atoms with Crippen molar-refractivity contribution in [2.24, 2.45) is 0 Å². The van der Waals surface area contributed by atoms with E-state index in [1.807, 2.05) is 6.92 Å². The molecule has 2 rings (SSSR count). The van der Waals surface area contributed by atoms with E-state index < -0.39 is 4.92 Å². The summed E-state index contributed by atoms with van der Waals surface area (Å²) in [5.41, 5.74) is -0.110. The highest BCUT2D eigenvalue weighted by Crippen LogP contribution is 2.26. The van der Waals surface area contributed by atoms with Crippen molar-refractivity contribution >= 4 is 23.2 Å². The van der Waals surface area contributed by atoms with E-state index in [0.717, 1.165) is 31.9 Å². The molecule has 1 aliphatic carbocycles. The topological polar surface area (TPSA) is 76.3 Å². The second-order valence-corrected chi connectivity index (χ2v) is 5.53. The number of hydrogen-bond acceptors (Lipinski definition) is 4. The van der Waals surface area contributed by atoms with E-state index in [4.69, 9.17) is 11.6 Å². The van der Waals surface area contributed by atoms with Crippen molar-refractivity contribution in [3.63, 3.8) is 0 Å². The molecule has 0 atom stereocenters. The molecule has 0 radical (unpaired) electrons. The number of hydrogen-bond donors (Lipinski definition) is 0. The van der Waals surface area contributed by atoms with E-state index in [1.54, 1.807) is 4.90 Å². The summed E-state index contributed by atoms with van der Waals surface area (Å²) in [5.74, 6) is -0.273. The highest BCUT2D eigenvalue weighted by atomic mass is 35.5. The van der Waals surface area contributed by atoms with Crippen LogP contribution in [0.3, 0.4) is 0 Å². The van der Waals surface area contributed by atoms with Gasteiger partial charge in [-0.1, -0.05) is 30.9 Å². The first-order valence-electron chi connectivity index (χ1n) is 7.15. The number of nitrogens with zero attached hydrogens (tertiary/aromatic N) is 3. The Morgan fingerprint density at radius 2 is 2.14 bits per heavy atom. The summed E-state index contributed by atoms with van der Waals surface area (Å²) in [6.45, 7) is 2.47.